The molecule has 1 aromatic heterocycles. The fourth-order valence-electron chi connectivity index (χ4n) is 2.14. The number of aromatic nitrogens is 2. The summed E-state index contributed by atoms with van der Waals surface area (Å²) >= 11 is 0. The second kappa shape index (κ2) is 6.21. The lowest BCUT2D eigenvalue weighted by Gasteiger charge is -2.16. The average molecular weight is 287 g/mol. The van der Waals surface area contributed by atoms with Gasteiger partial charge in [-0.3, -0.25) is 9.48 Å². The Morgan fingerprint density at radius 2 is 2.00 bits per heavy atom. The Hall–Kier alpha value is -2.63. The first-order valence-corrected chi connectivity index (χ1v) is 6.64. The Morgan fingerprint density at radius 1 is 1.33 bits per heavy atom. The molecule has 1 atom stereocenters. The molecule has 1 heterocycles. The van der Waals surface area contributed by atoms with Crippen LogP contribution in [0.2, 0.25) is 0 Å². The first-order chi connectivity index (χ1) is 10.0. The van der Waals surface area contributed by atoms with Gasteiger partial charge < -0.3 is 10.4 Å². The van der Waals surface area contributed by atoms with Crippen LogP contribution in [-0.2, 0) is 7.05 Å². The number of amides is 1. The van der Waals surface area contributed by atoms with Crippen LogP contribution in [0.5, 0.6) is 0 Å². The molecule has 0 aliphatic rings. The van der Waals surface area contributed by atoms with Crippen LogP contribution in [0.3, 0.4) is 0 Å². The van der Waals surface area contributed by atoms with E-state index in [-0.39, 0.29) is 17.2 Å². The Balaban J connectivity index is 2.22. The van der Waals surface area contributed by atoms with Crippen LogP contribution in [0.15, 0.2) is 36.7 Å². The zero-order valence-corrected chi connectivity index (χ0v) is 11.9. The highest BCUT2D eigenvalue weighted by Crippen LogP contribution is 2.17. The van der Waals surface area contributed by atoms with Crippen molar-refractivity contribution in [2.75, 3.05) is 0 Å². The number of carboxylic acid groups (broad SMARTS) is 1. The highest BCUT2D eigenvalue weighted by molar-refractivity contribution is 6.04. The van der Waals surface area contributed by atoms with Gasteiger partial charge in [0.2, 0.25) is 0 Å². The van der Waals surface area contributed by atoms with Gasteiger partial charge >= 0.3 is 5.97 Å². The maximum Gasteiger partial charge on any atom is 0.336 e. The van der Waals surface area contributed by atoms with Crippen molar-refractivity contribution in [3.8, 4) is 0 Å². The van der Waals surface area contributed by atoms with Gasteiger partial charge in [0.25, 0.3) is 5.91 Å². The van der Waals surface area contributed by atoms with Crippen molar-refractivity contribution in [2.24, 2.45) is 7.05 Å². The van der Waals surface area contributed by atoms with Crippen LogP contribution >= 0.6 is 0 Å². The summed E-state index contributed by atoms with van der Waals surface area (Å²) in [5.74, 6) is -1.51. The first-order valence-electron chi connectivity index (χ1n) is 6.64. The first kappa shape index (κ1) is 14.8. The number of nitrogens with one attached hydrogen (secondary N) is 1. The predicted octanol–water partition coefficient (Wildman–Crippen LogP) is 2.00. The Kier molecular flexibility index (Phi) is 4.37. The summed E-state index contributed by atoms with van der Waals surface area (Å²) in [7, 11) is 1.80. The summed E-state index contributed by atoms with van der Waals surface area (Å²) in [5.41, 5.74) is 1.05. The summed E-state index contributed by atoms with van der Waals surface area (Å²) in [6.07, 6.45) is 4.21. The molecule has 2 rings (SSSR count). The van der Waals surface area contributed by atoms with Crippen LogP contribution in [0.1, 0.15) is 45.7 Å². The van der Waals surface area contributed by atoms with Crippen LogP contribution in [0, 0.1) is 0 Å². The predicted molar refractivity (Wildman–Crippen MR) is 77.1 cm³/mol. The van der Waals surface area contributed by atoms with Crippen LogP contribution in [0.4, 0.5) is 0 Å². The average Bonchev–Trinajstić information content (AvgIpc) is 2.90. The third-order valence-electron chi connectivity index (χ3n) is 3.24. The maximum atomic E-state index is 12.3. The van der Waals surface area contributed by atoms with Crippen LogP contribution < -0.4 is 5.32 Å². The van der Waals surface area contributed by atoms with Crippen molar-refractivity contribution in [1.82, 2.24) is 15.1 Å². The van der Waals surface area contributed by atoms with Crippen molar-refractivity contribution >= 4 is 11.9 Å². The number of rotatable bonds is 5. The Labute approximate surface area is 122 Å². The zero-order chi connectivity index (χ0) is 15.4. The normalized spacial score (nSPS) is 11.9. The molecule has 0 aliphatic carbocycles. The molecule has 0 fully saturated rings. The lowest BCUT2D eigenvalue weighted by Crippen LogP contribution is -2.29. The van der Waals surface area contributed by atoms with E-state index in [4.69, 9.17) is 5.11 Å². The van der Waals surface area contributed by atoms with E-state index < -0.39 is 11.9 Å². The minimum Gasteiger partial charge on any atom is -0.478 e. The third kappa shape index (κ3) is 3.28. The van der Waals surface area contributed by atoms with E-state index in [1.165, 1.54) is 12.1 Å². The molecule has 0 radical (unpaired) electrons. The monoisotopic (exact) mass is 287 g/mol. The van der Waals surface area contributed by atoms with Crippen molar-refractivity contribution in [3.05, 3.63) is 53.3 Å². The van der Waals surface area contributed by atoms with Gasteiger partial charge in [0, 0.05) is 18.8 Å². The van der Waals surface area contributed by atoms with E-state index in [0.717, 1.165) is 5.56 Å². The molecule has 0 bridgehead atoms. The highest BCUT2D eigenvalue weighted by atomic mass is 16.4. The number of carbonyl (C=O) groups excluding carboxylic acids is 1. The second-order valence-corrected chi connectivity index (χ2v) is 4.73. The number of hydrogen-bond acceptors (Lipinski definition) is 3. The molecule has 1 aromatic carbocycles. The standard InChI is InChI=1S/C15H17N3O3/c1-3-13(10-8-16-18(2)9-10)17-14(19)11-6-4-5-7-12(11)15(20)21/h4-9,13H,3H2,1-2H3,(H,17,19)(H,20,21)/t13-/m1/s1. The molecular weight excluding hydrogens is 270 g/mol. The van der Waals surface area contributed by atoms with Gasteiger partial charge in [0.05, 0.1) is 23.4 Å². The minimum absolute atomic E-state index is 0.00367. The summed E-state index contributed by atoms with van der Waals surface area (Å²) in [4.78, 5) is 23.5. The van der Waals surface area contributed by atoms with E-state index in [1.54, 1.807) is 30.1 Å². The van der Waals surface area contributed by atoms with Gasteiger partial charge in [0.15, 0.2) is 0 Å². The number of benzene rings is 1. The van der Waals surface area contributed by atoms with Gasteiger partial charge in [-0.25, -0.2) is 4.79 Å². The van der Waals surface area contributed by atoms with E-state index in [1.807, 2.05) is 13.1 Å². The minimum atomic E-state index is -1.12. The second-order valence-electron chi connectivity index (χ2n) is 4.73. The van der Waals surface area contributed by atoms with Crippen molar-refractivity contribution in [1.29, 1.82) is 0 Å². The zero-order valence-electron chi connectivity index (χ0n) is 11.9. The van der Waals surface area contributed by atoms with Gasteiger partial charge in [-0.15, -0.1) is 0 Å². The fourth-order valence-corrected chi connectivity index (χ4v) is 2.14. The highest BCUT2D eigenvalue weighted by Gasteiger charge is 2.19. The van der Waals surface area contributed by atoms with Crippen LogP contribution in [-0.4, -0.2) is 26.8 Å². The number of carboxylic acids is 1. The number of carbonyl (C=O) groups is 2. The number of nitrogens with zero attached hydrogens (tertiary/aromatic N) is 2. The molecule has 0 aliphatic heterocycles. The van der Waals surface area contributed by atoms with E-state index >= 15 is 0 Å². The van der Waals surface area contributed by atoms with Crippen molar-refractivity contribution in [3.63, 3.8) is 0 Å². The topological polar surface area (TPSA) is 84.2 Å². The molecule has 2 aromatic rings. The molecule has 6 heteroatoms. The van der Waals surface area contributed by atoms with Crippen LogP contribution in [0.25, 0.3) is 0 Å². The third-order valence-corrected chi connectivity index (χ3v) is 3.24. The van der Waals surface area contributed by atoms with Gasteiger partial charge in [-0.05, 0) is 18.6 Å². The molecule has 21 heavy (non-hydrogen) atoms. The van der Waals surface area contributed by atoms with E-state index in [2.05, 4.69) is 10.4 Å². The molecular formula is C15H17N3O3. The number of aryl methyl sites for hydroxylation is 1. The number of hydrogen-bond donors (Lipinski definition) is 2. The van der Waals surface area contributed by atoms with Gasteiger partial charge in [-0.2, -0.15) is 5.10 Å². The molecule has 0 unspecified atom stereocenters. The molecule has 0 spiro atoms. The SMILES string of the molecule is CC[C@@H](NC(=O)c1ccccc1C(=O)O)c1cnn(C)c1. The summed E-state index contributed by atoms with van der Waals surface area (Å²) in [6, 6.07) is 5.97. The largest absolute Gasteiger partial charge is 0.478 e. The van der Waals surface area contributed by atoms with Crippen molar-refractivity contribution < 1.29 is 14.7 Å². The fraction of sp³-hybridized carbons (Fsp3) is 0.267. The maximum absolute atomic E-state index is 12.3. The summed E-state index contributed by atoms with van der Waals surface area (Å²) in [6.45, 7) is 1.95. The molecule has 6 nitrogen and oxygen atoms in total. The van der Waals surface area contributed by atoms with E-state index in [9.17, 15) is 9.59 Å². The lowest BCUT2D eigenvalue weighted by atomic mass is 10.0. The Morgan fingerprint density at radius 3 is 2.52 bits per heavy atom. The van der Waals surface area contributed by atoms with E-state index in [0.29, 0.717) is 6.42 Å². The Bertz CT molecular complexity index is 664. The molecule has 1 amide bonds. The summed E-state index contributed by atoms with van der Waals surface area (Å²) < 4.78 is 1.66. The van der Waals surface area contributed by atoms with Gasteiger partial charge in [0.1, 0.15) is 0 Å². The summed E-state index contributed by atoms with van der Waals surface area (Å²) in [5, 5.41) is 16.1. The molecule has 2 N–H and O–H groups in total. The number of aromatic carboxylic acids is 1. The molecule has 0 saturated heterocycles. The molecule has 110 valence electrons. The van der Waals surface area contributed by atoms with Gasteiger partial charge in [-0.1, -0.05) is 19.1 Å². The molecule has 0 saturated carbocycles. The van der Waals surface area contributed by atoms with Crippen molar-refractivity contribution in [2.45, 2.75) is 19.4 Å². The quantitative estimate of drug-likeness (QED) is 0.881. The smallest absolute Gasteiger partial charge is 0.336 e. The lowest BCUT2D eigenvalue weighted by molar-refractivity contribution is 0.0690.